The molecule has 0 aliphatic carbocycles. The molecule has 0 aliphatic heterocycles. The topological polar surface area (TPSA) is 95.6 Å². The number of hydrogen-bond acceptors (Lipinski definition) is 4. The molecule has 3 aromatic carbocycles. The van der Waals surface area contributed by atoms with Crippen LogP contribution in [0.4, 0.5) is 11.4 Å². The Kier molecular flexibility index (Phi) is 8.25. The molecular weight excluding hydrogens is 530 g/mol. The lowest BCUT2D eigenvalue weighted by atomic mass is 10.2. The highest BCUT2D eigenvalue weighted by Crippen LogP contribution is 2.22. The Labute approximate surface area is 205 Å². The molecular formula is C23H21BrClN3O4S. The molecule has 7 nitrogen and oxygen atoms in total. The Hall–Kier alpha value is -2.72. The molecule has 0 fully saturated rings. The summed E-state index contributed by atoms with van der Waals surface area (Å²) in [4.78, 5) is 24.1. The van der Waals surface area contributed by atoms with Crippen molar-refractivity contribution in [3.05, 3.63) is 87.9 Å². The van der Waals surface area contributed by atoms with Crippen LogP contribution in [0.2, 0.25) is 5.02 Å². The second-order valence-corrected chi connectivity index (χ2v) is 10.5. The zero-order valence-electron chi connectivity index (χ0n) is 17.6. The summed E-state index contributed by atoms with van der Waals surface area (Å²) in [5.41, 5.74) is 1.66. The van der Waals surface area contributed by atoms with Crippen LogP contribution in [0.15, 0.2) is 82.2 Å². The van der Waals surface area contributed by atoms with Crippen LogP contribution >= 0.6 is 27.5 Å². The van der Waals surface area contributed by atoms with Crippen LogP contribution < -0.4 is 10.6 Å². The number of rotatable bonds is 8. The average Bonchev–Trinajstić information content (AvgIpc) is 2.75. The minimum atomic E-state index is -3.99. The van der Waals surface area contributed by atoms with E-state index in [4.69, 9.17) is 11.6 Å². The van der Waals surface area contributed by atoms with Gasteiger partial charge in [0.2, 0.25) is 21.8 Å². The van der Waals surface area contributed by atoms with Gasteiger partial charge in [-0.3, -0.25) is 9.59 Å². The van der Waals surface area contributed by atoms with E-state index in [1.165, 1.54) is 31.2 Å². The first-order chi connectivity index (χ1) is 15.6. The molecule has 0 saturated heterocycles. The van der Waals surface area contributed by atoms with Gasteiger partial charge in [0.25, 0.3) is 0 Å². The number of anilines is 2. The van der Waals surface area contributed by atoms with Crippen LogP contribution in [0.5, 0.6) is 0 Å². The van der Waals surface area contributed by atoms with Crippen molar-refractivity contribution in [2.75, 3.05) is 17.2 Å². The monoisotopic (exact) mass is 549 g/mol. The van der Waals surface area contributed by atoms with Gasteiger partial charge in [0.15, 0.2) is 0 Å². The fourth-order valence-corrected chi connectivity index (χ4v) is 4.79. The van der Waals surface area contributed by atoms with Gasteiger partial charge in [-0.25, -0.2) is 8.42 Å². The Balaban J connectivity index is 1.84. The standard InChI is InChI=1S/C23H21BrClN3O4S/c1-16(29)26-20-3-2-4-21(13-20)27-23(30)15-28(14-17-5-7-18(24)8-6-17)33(31,32)22-11-9-19(25)10-12-22/h2-13H,14-15H2,1H3,(H,26,29)(H,27,30). The van der Waals surface area contributed by atoms with Crippen molar-refractivity contribution < 1.29 is 18.0 Å². The third kappa shape index (κ3) is 7.13. The summed E-state index contributed by atoms with van der Waals surface area (Å²) in [6.45, 7) is 0.968. The molecule has 0 unspecified atom stereocenters. The maximum absolute atomic E-state index is 13.3. The molecule has 0 atom stereocenters. The fraction of sp³-hybridized carbons (Fsp3) is 0.130. The molecule has 0 aliphatic rings. The van der Waals surface area contributed by atoms with E-state index >= 15 is 0 Å². The maximum atomic E-state index is 13.3. The number of hydrogen-bond donors (Lipinski definition) is 2. The van der Waals surface area contributed by atoms with Gasteiger partial charge < -0.3 is 10.6 Å². The van der Waals surface area contributed by atoms with Crippen molar-refractivity contribution in [3.63, 3.8) is 0 Å². The number of nitrogens with zero attached hydrogens (tertiary/aromatic N) is 1. The maximum Gasteiger partial charge on any atom is 0.243 e. The molecule has 172 valence electrons. The van der Waals surface area contributed by atoms with Crippen molar-refractivity contribution in [1.82, 2.24) is 4.31 Å². The molecule has 0 aromatic heterocycles. The molecule has 3 rings (SSSR count). The normalized spacial score (nSPS) is 11.3. The molecule has 33 heavy (non-hydrogen) atoms. The van der Waals surface area contributed by atoms with Crippen LogP contribution in [-0.2, 0) is 26.2 Å². The lowest BCUT2D eigenvalue weighted by Gasteiger charge is -2.22. The zero-order valence-corrected chi connectivity index (χ0v) is 20.7. The van der Waals surface area contributed by atoms with E-state index in [1.54, 1.807) is 48.5 Å². The number of benzene rings is 3. The molecule has 0 spiro atoms. The van der Waals surface area contributed by atoms with Crippen molar-refractivity contribution in [2.24, 2.45) is 0 Å². The molecule has 3 aromatic rings. The summed E-state index contributed by atoms with van der Waals surface area (Å²) in [6, 6.07) is 19.5. The highest BCUT2D eigenvalue weighted by molar-refractivity contribution is 9.10. The first-order valence-electron chi connectivity index (χ1n) is 9.81. The van der Waals surface area contributed by atoms with Crippen molar-refractivity contribution >= 4 is 60.7 Å². The van der Waals surface area contributed by atoms with Gasteiger partial charge >= 0.3 is 0 Å². The smallest absolute Gasteiger partial charge is 0.243 e. The summed E-state index contributed by atoms with van der Waals surface area (Å²) in [7, 11) is -3.99. The molecule has 0 saturated carbocycles. The molecule has 2 amide bonds. The van der Waals surface area contributed by atoms with E-state index in [9.17, 15) is 18.0 Å². The SMILES string of the molecule is CC(=O)Nc1cccc(NC(=O)CN(Cc2ccc(Br)cc2)S(=O)(=O)c2ccc(Cl)cc2)c1. The Morgan fingerprint density at radius 2 is 1.55 bits per heavy atom. The average molecular weight is 551 g/mol. The predicted octanol–water partition coefficient (Wildman–Crippen LogP) is 4.89. The van der Waals surface area contributed by atoms with Gasteiger partial charge in [0.1, 0.15) is 0 Å². The zero-order chi connectivity index (χ0) is 24.0. The molecule has 0 heterocycles. The van der Waals surface area contributed by atoms with E-state index in [0.717, 1.165) is 14.3 Å². The minimum Gasteiger partial charge on any atom is -0.326 e. The van der Waals surface area contributed by atoms with E-state index in [2.05, 4.69) is 26.6 Å². The van der Waals surface area contributed by atoms with Gasteiger partial charge in [-0.05, 0) is 60.2 Å². The van der Waals surface area contributed by atoms with E-state index in [1.807, 2.05) is 0 Å². The van der Waals surface area contributed by atoms with Crippen molar-refractivity contribution in [2.45, 2.75) is 18.4 Å². The van der Waals surface area contributed by atoms with Gasteiger partial charge in [-0.15, -0.1) is 0 Å². The lowest BCUT2D eigenvalue weighted by molar-refractivity contribution is -0.116. The van der Waals surface area contributed by atoms with E-state index < -0.39 is 22.5 Å². The van der Waals surface area contributed by atoms with E-state index in [-0.39, 0.29) is 17.3 Å². The Morgan fingerprint density at radius 3 is 2.15 bits per heavy atom. The minimum absolute atomic E-state index is 0.00239. The first-order valence-corrected chi connectivity index (χ1v) is 12.4. The van der Waals surface area contributed by atoms with Gasteiger partial charge in [0.05, 0.1) is 11.4 Å². The lowest BCUT2D eigenvalue weighted by Crippen LogP contribution is -2.37. The Bertz CT molecular complexity index is 1250. The fourth-order valence-electron chi connectivity index (χ4n) is 3.01. The molecule has 0 radical (unpaired) electrons. The van der Waals surface area contributed by atoms with Gasteiger partial charge in [0, 0.05) is 34.3 Å². The highest BCUT2D eigenvalue weighted by Gasteiger charge is 2.27. The van der Waals surface area contributed by atoms with Crippen molar-refractivity contribution in [3.8, 4) is 0 Å². The summed E-state index contributed by atoms with van der Waals surface area (Å²) < 4.78 is 28.6. The van der Waals surface area contributed by atoms with Gasteiger partial charge in [-0.2, -0.15) is 4.31 Å². The third-order valence-corrected chi connectivity index (χ3v) is 7.10. The largest absolute Gasteiger partial charge is 0.326 e. The quantitative estimate of drug-likeness (QED) is 0.417. The second kappa shape index (κ2) is 10.9. The number of amides is 2. The Morgan fingerprint density at radius 1 is 0.939 bits per heavy atom. The molecule has 10 heteroatoms. The second-order valence-electron chi connectivity index (χ2n) is 7.16. The summed E-state index contributed by atoms with van der Waals surface area (Å²) >= 11 is 9.26. The van der Waals surface area contributed by atoms with Crippen LogP contribution in [-0.4, -0.2) is 31.1 Å². The van der Waals surface area contributed by atoms with Crippen molar-refractivity contribution in [1.29, 1.82) is 0 Å². The van der Waals surface area contributed by atoms with E-state index in [0.29, 0.717) is 16.4 Å². The van der Waals surface area contributed by atoms with Gasteiger partial charge in [-0.1, -0.05) is 45.7 Å². The molecule has 2 N–H and O–H groups in total. The van der Waals surface area contributed by atoms with Crippen LogP contribution in [0.3, 0.4) is 0 Å². The van der Waals surface area contributed by atoms with Crippen LogP contribution in [0, 0.1) is 0 Å². The predicted molar refractivity (Wildman–Crippen MR) is 133 cm³/mol. The third-order valence-electron chi connectivity index (χ3n) is 4.51. The number of nitrogens with one attached hydrogen (secondary N) is 2. The number of sulfonamides is 1. The summed E-state index contributed by atoms with van der Waals surface area (Å²) in [5.74, 6) is -0.766. The number of carbonyl (C=O) groups excluding carboxylic acids is 2. The summed E-state index contributed by atoms with van der Waals surface area (Å²) in [6.07, 6.45) is 0. The summed E-state index contributed by atoms with van der Waals surface area (Å²) in [5, 5.41) is 5.73. The van der Waals surface area contributed by atoms with Crippen LogP contribution in [0.25, 0.3) is 0 Å². The van der Waals surface area contributed by atoms with Crippen LogP contribution in [0.1, 0.15) is 12.5 Å². The molecule has 0 bridgehead atoms. The number of halogens is 2. The first kappa shape index (κ1) is 24.9. The number of carbonyl (C=O) groups is 2. The highest BCUT2D eigenvalue weighted by atomic mass is 79.9.